The van der Waals surface area contributed by atoms with Crippen LogP contribution in [-0.4, -0.2) is 10.8 Å². The molecular weight excluding hydrogens is 413 g/mol. The quantitative estimate of drug-likeness (QED) is 0.405. The summed E-state index contributed by atoms with van der Waals surface area (Å²) in [6, 6.07) is 10.1. The monoisotopic (exact) mass is 424 g/mol. The summed E-state index contributed by atoms with van der Waals surface area (Å²) in [5.41, 5.74) is -0.651. The second-order valence-corrected chi connectivity index (χ2v) is 6.50. The smallest absolute Gasteiger partial charge is 0.417 e. The minimum Gasteiger partial charge on any atom is -0.451 e. The molecule has 0 aliphatic carbocycles. The lowest BCUT2D eigenvalue weighted by Crippen LogP contribution is -2.12. The van der Waals surface area contributed by atoms with Gasteiger partial charge in [0.05, 0.1) is 15.5 Å². The lowest BCUT2D eigenvalue weighted by atomic mass is 10.1. The summed E-state index contributed by atoms with van der Waals surface area (Å²) in [4.78, 5) is 22.9. The number of nitro groups is 1. The highest BCUT2D eigenvalue weighted by Gasteiger charge is 2.33. The van der Waals surface area contributed by atoms with E-state index in [9.17, 15) is 28.1 Å². The van der Waals surface area contributed by atoms with E-state index < -0.39 is 27.6 Å². The van der Waals surface area contributed by atoms with E-state index in [0.29, 0.717) is 5.56 Å². The molecule has 0 fully saturated rings. The van der Waals surface area contributed by atoms with Crippen LogP contribution in [-0.2, 0) is 6.18 Å². The first-order valence-electron chi connectivity index (χ1n) is 8.09. The summed E-state index contributed by atoms with van der Waals surface area (Å²) in [5.74, 6) is -0.998. The number of hydrogen-bond donors (Lipinski definition) is 1. The fourth-order valence-electron chi connectivity index (χ4n) is 2.59. The van der Waals surface area contributed by atoms with E-state index >= 15 is 0 Å². The Hall–Kier alpha value is -3.33. The summed E-state index contributed by atoms with van der Waals surface area (Å²) < 4.78 is 44.4. The van der Waals surface area contributed by atoms with Gasteiger partial charge in [-0.3, -0.25) is 14.9 Å². The van der Waals surface area contributed by atoms with Crippen LogP contribution in [0.15, 0.2) is 52.9 Å². The van der Waals surface area contributed by atoms with Crippen molar-refractivity contribution in [2.24, 2.45) is 0 Å². The number of aryl methyl sites for hydroxylation is 1. The molecule has 6 nitrogen and oxygen atoms in total. The maximum atomic E-state index is 13.0. The second-order valence-electron chi connectivity index (χ2n) is 6.09. The first-order valence-corrected chi connectivity index (χ1v) is 8.47. The molecular formula is C19H12ClF3N2O4. The number of nitrogens with one attached hydrogen (secondary N) is 1. The molecule has 1 N–H and O–H groups in total. The predicted octanol–water partition coefficient (Wildman–Crippen LogP) is 6.09. The Morgan fingerprint density at radius 1 is 1.14 bits per heavy atom. The van der Waals surface area contributed by atoms with Crippen molar-refractivity contribution >= 4 is 28.9 Å². The van der Waals surface area contributed by atoms with Crippen LogP contribution >= 0.6 is 11.6 Å². The van der Waals surface area contributed by atoms with Gasteiger partial charge in [-0.2, -0.15) is 13.2 Å². The summed E-state index contributed by atoms with van der Waals surface area (Å²) in [5, 5.41) is 13.1. The van der Waals surface area contributed by atoms with Crippen LogP contribution in [0.5, 0.6) is 0 Å². The van der Waals surface area contributed by atoms with Gasteiger partial charge >= 0.3 is 6.18 Å². The number of carbonyl (C=O) groups excluding carboxylic acids is 1. The molecule has 0 saturated heterocycles. The van der Waals surface area contributed by atoms with Crippen molar-refractivity contribution in [2.75, 3.05) is 5.32 Å². The largest absolute Gasteiger partial charge is 0.451 e. The Labute approximate surface area is 167 Å². The van der Waals surface area contributed by atoms with Crippen LogP contribution in [0.2, 0.25) is 5.02 Å². The van der Waals surface area contributed by atoms with Gasteiger partial charge in [0.2, 0.25) is 0 Å². The number of alkyl halides is 3. The van der Waals surface area contributed by atoms with Crippen LogP contribution in [0.4, 0.5) is 24.5 Å². The zero-order valence-corrected chi connectivity index (χ0v) is 15.5. The molecule has 0 atom stereocenters. The molecule has 0 aliphatic heterocycles. The Balaban J connectivity index is 1.88. The molecule has 0 radical (unpaired) electrons. The number of benzene rings is 2. The second kappa shape index (κ2) is 7.59. The number of anilines is 1. The van der Waals surface area contributed by atoms with Crippen molar-refractivity contribution in [3.63, 3.8) is 0 Å². The summed E-state index contributed by atoms with van der Waals surface area (Å²) in [6.45, 7) is 1.67. The summed E-state index contributed by atoms with van der Waals surface area (Å²) in [7, 11) is 0. The average Bonchev–Trinajstić information content (AvgIpc) is 3.12. The SMILES string of the molecule is Cc1ccc(NC(=O)c2ccc(-c3ccc(Cl)c(C(F)(F)F)c3)o2)c([N+](=O)[O-])c1. The maximum absolute atomic E-state index is 13.0. The number of amides is 1. The van der Waals surface area contributed by atoms with Gasteiger partial charge in [0, 0.05) is 11.6 Å². The van der Waals surface area contributed by atoms with Gasteiger partial charge in [-0.1, -0.05) is 17.7 Å². The van der Waals surface area contributed by atoms with Gasteiger partial charge in [-0.15, -0.1) is 0 Å². The number of hydrogen-bond acceptors (Lipinski definition) is 4. The lowest BCUT2D eigenvalue weighted by Gasteiger charge is -2.10. The Morgan fingerprint density at radius 2 is 1.86 bits per heavy atom. The number of halogens is 4. The maximum Gasteiger partial charge on any atom is 0.417 e. The zero-order valence-electron chi connectivity index (χ0n) is 14.7. The molecule has 0 unspecified atom stereocenters. The number of nitro benzene ring substituents is 1. The van der Waals surface area contributed by atoms with E-state index in [1.807, 2.05) is 0 Å². The van der Waals surface area contributed by atoms with Gasteiger partial charge in [0.1, 0.15) is 11.4 Å². The minimum absolute atomic E-state index is 0.00993. The van der Waals surface area contributed by atoms with E-state index in [1.165, 1.54) is 30.3 Å². The number of nitrogens with zero attached hydrogens (tertiary/aromatic N) is 1. The first kappa shape index (κ1) is 20.4. The topological polar surface area (TPSA) is 85.4 Å². The first-order chi connectivity index (χ1) is 13.6. The normalized spacial score (nSPS) is 11.3. The highest BCUT2D eigenvalue weighted by molar-refractivity contribution is 6.31. The molecule has 2 aromatic carbocycles. The molecule has 3 aromatic rings. The standard InChI is InChI=1S/C19H12ClF3N2O4/c1-10-2-5-14(15(8-10)25(27)28)24-18(26)17-7-6-16(29-17)11-3-4-13(20)12(9-11)19(21,22)23/h2-9H,1H3,(H,24,26). The molecule has 29 heavy (non-hydrogen) atoms. The van der Waals surface area contributed by atoms with Crippen molar-refractivity contribution in [3.05, 3.63) is 80.6 Å². The molecule has 0 spiro atoms. The molecule has 1 amide bonds. The minimum atomic E-state index is -4.65. The summed E-state index contributed by atoms with van der Waals surface area (Å²) in [6.07, 6.45) is -4.65. The number of rotatable bonds is 4. The van der Waals surface area contributed by atoms with E-state index in [-0.39, 0.29) is 28.5 Å². The van der Waals surface area contributed by atoms with E-state index in [0.717, 1.165) is 12.1 Å². The lowest BCUT2D eigenvalue weighted by molar-refractivity contribution is -0.384. The zero-order chi connectivity index (χ0) is 21.3. The Morgan fingerprint density at radius 3 is 2.52 bits per heavy atom. The average molecular weight is 425 g/mol. The van der Waals surface area contributed by atoms with E-state index in [4.69, 9.17) is 16.0 Å². The number of furan rings is 1. The summed E-state index contributed by atoms with van der Waals surface area (Å²) >= 11 is 5.60. The molecule has 1 aromatic heterocycles. The van der Waals surface area contributed by atoms with Gasteiger partial charge < -0.3 is 9.73 Å². The van der Waals surface area contributed by atoms with E-state index in [2.05, 4.69) is 5.32 Å². The van der Waals surface area contributed by atoms with Crippen molar-refractivity contribution in [1.82, 2.24) is 0 Å². The molecule has 10 heteroatoms. The Kier molecular flexibility index (Phi) is 5.34. The van der Waals surface area contributed by atoms with Gasteiger partial charge in [-0.25, -0.2) is 0 Å². The van der Waals surface area contributed by atoms with Crippen molar-refractivity contribution in [3.8, 4) is 11.3 Å². The van der Waals surface area contributed by atoms with Crippen LogP contribution in [0.3, 0.4) is 0 Å². The van der Waals surface area contributed by atoms with E-state index in [1.54, 1.807) is 13.0 Å². The predicted molar refractivity (Wildman–Crippen MR) is 99.9 cm³/mol. The van der Waals surface area contributed by atoms with Crippen molar-refractivity contribution < 1.29 is 27.3 Å². The molecule has 0 aliphatic rings. The molecule has 150 valence electrons. The van der Waals surface area contributed by atoms with Crippen molar-refractivity contribution in [2.45, 2.75) is 13.1 Å². The third-order valence-corrected chi connectivity index (χ3v) is 4.31. The van der Waals surface area contributed by atoms with Crippen LogP contribution in [0.1, 0.15) is 21.7 Å². The molecule has 1 heterocycles. The van der Waals surface area contributed by atoms with Crippen LogP contribution < -0.4 is 5.32 Å². The van der Waals surface area contributed by atoms with Crippen molar-refractivity contribution in [1.29, 1.82) is 0 Å². The molecule has 0 bridgehead atoms. The fraction of sp³-hybridized carbons (Fsp3) is 0.105. The molecule has 3 rings (SSSR count). The third-order valence-electron chi connectivity index (χ3n) is 3.98. The van der Waals surface area contributed by atoms with Crippen LogP contribution in [0, 0.1) is 17.0 Å². The fourth-order valence-corrected chi connectivity index (χ4v) is 2.82. The highest BCUT2D eigenvalue weighted by atomic mass is 35.5. The highest BCUT2D eigenvalue weighted by Crippen LogP contribution is 2.37. The molecule has 0 saturated carbocycles. The Bertz CT molecular complexity index is 1110. The third kappa shape index (κ3) is 4.40. The van der Waals surface area contributed by atoms with Gasteiger partial charge in [0.15, 0.2) is 5.76 Å². The van der Waals surface area contributed by atoms with Gasteiger partial charge in [-0.05, 0) is 48.9 Å². The number of carbonyl (C=O) groups is 1. The van der Waals surface area contributed by atoms with Crippen LogP contribution in [0.25, 0.3) is 11.3 Å². The van der Waals surface area contributed by atoms with Gasteiger partial charge in [0.25, 0.3) is 11.6 Å².